The molecule has 0 spiro atoms. The third-order valence-electron chi connectivity index (χ3n) is 1.18. The fourth-order valence-electron chi connectivity index (χ4n) is 0.721. The molecule has 1 rings (SSSR count). The van der Waals surface area contributed by atoms with Crippen LogP contribution in [0.15, 0.2) is 0 Å². The highest BCUT2D eigenvalue weighted by Crippen LogP contribution is 2.00. The van der Waals surface area contributed by atoms with Crippen molar-refractivity contribution in [3.05, 3.63) is 0 Å². The van der Waals surface area contributed by atoms with Crippen molar-refractivity contribution in [2.45, 2.75) is 26.7 Å². The lowest BCUT2D eigenvalue weighted by atomic mass is 10.3. The largest absolute Gasteiger partial charge is 0.299 e. The van der Waals surface area contributed by atoms with E-state index in [4.69, 9.17) is 4.84 Å². The molecule has 9 heavy (non-hydrogen) atoms. The lowest BCUT2D eigenvalue weighted by Crippen LogP contribution is -2.25. The van der Waals surface area contributed by atoms with Gasteiger partial charge in [-0.1, -0.05) is 13.8 Å². The molecule has 2 nitrogen and oxygen atoms in total. The maximum absolute atomic E-state index is 5.11. The molecule has 1 aliphatic heterocycles. The van der Waals surface area contributed by atoms with Gasteiger partial charge in [0.1, 0.15) is 0 Å². The average Bonchev–Trinajstić information content (AvgIpc) is 1.94. The van der Waals surface area contributed by atoms with Crippen molar-refractivity contribution in [1.29, 1.82) is 0 Å². The Morgan fingerprint density at radius 2 is 1.89 bits per heavy atom. The van der Waals surface area contributed by atoms with E-state index in [1.807, 2.05) is 26.0 Å². The first kappa shape index (κ1) is 8.92. The first-order valence-electron chi connectivity index (χ1n) is 3.73. The molecule has 56 valence electrons. The second-order valence-electron chi connectivity index (χ2n) is 1.89. The Hall–Kier alpha value is -0.0800. The van der Waals surface area contributed by atoms with Crippen LogP contribution in [0.4, 0.5) is 0 Å². The highest BCUT2D eigenvalue weighted by molar-refractivity contribution is 4.46. The number of hydroxylamine groups is 2. The Kier molecular flexibility index (Phi) is 5.99. The molecule has 0 atom stereocenters. The molecule has 0 aromatic carbocycles. The zero-order valence-electron chi connectivity index (χ0n) is 6.68. The first-order valence-corrected chi connectivity index (χ1v) is 3.73. The Bertz CT molecular complexity index is 50.9. The topological polar surface area (TPSA) is 12.5 Å². The van der Waals surface area contributed by atoms with Crippen LogP contribution in [0, 0.1) is 0 Å². The third kappa shape index (κ3) is 4.43. The van der Waals surface area contributed by atoms with E-state index in [2.05, 4.69) is 0 Å². The average molecular weight is 131 g/mol. The minimum absolute atomic E-state index is 0.913. The van der Waals surface area contributed by atoms with Crippen molar-refractivity contribution in [3.63, 3.8) is 0 Å². The van der Waals surface area contributed by atoms with Gasteiger partial charge < -0.3 is 0 Å². The third-order valence-corrected chi connectivity index (χ3v) is 1.18. The van der Waals surface area contributed by atoms with E-state index in [0.717, 1.165) is 13.2 Å². The smallest absolute Gasteiger partial charge is 0.0685 e. The maximum atomic E-state index is 5.11. The van der Waals surface area contributed by atoms with Crippen molar-refractivity contribution in [1.82, 2.24) is 5.06 Å². The molecule has 0 N–H and O–H groups in total. The number of rotatable bonds is 0. The molecule has 1 saturated heterocycles. The summed E-state index contributed by atoms with van der Waals surface area (Å²) in [5.74, 6) is 0. The summed E-state index contributed by atoms with van der Waals surface area (Å²) in [6, 6.07) is 0. The summed E-state index contributed by atoms with van der Waals surface area (Å²) in [6.45, 7) is 6.01. The summed E-state index contributed by atoms with van der Waals surface area (Å²) in [4.78, 5) is 5.11. The van der Waals surface area contributed by atoms with E-state index in [1.54, 1.807) is 0 Å². The molecule has 0 unspecified atom stereocenters. The van der Waals surface area contributed by atoms with Crippen LogP contribution in [0.1, 0.15) is 26.7 Å². The molecule has 0 bridgehead atoms. The summed E-state index contributed by atoms with van der Waals surface area (Å²) in [7, 11) is 1.97. The van der Waals surface area contributed by atoms with E-state index in [9.17, 15) is 0 Å². The monoisotopic (exact) mass is 131 g/mol. The van der Waals surface area contributed by atoms with Gasteiger partial charge in [-0.25, -0.2) is 0 Å². The van der Waals surface area contributed by atoms with Crippen LogP contribution >= 0.6 is 0 Å². The molecule has 1 fully saturated rings. The van der Waals surface area contributed by atoms with E-state index < -0.39 is 0 Å². The normalized spacial score (nSPS) is 20.3. The SMILES string of the molecule is CC.CN1CCCCO1. The Morgan fingerprint density at radius 1 is 1.22 bits per heavy atom. The second kappa shape index (κ2) is 6.05. The molecule has 1 aliphatic rings. The Morgan fingerprint density at radius 3 is 2.11 bits per heavy atom. The zero-order valence-corrected chi connectivity index (χ0v) is 6.68. The van der Waals surface area contributed by atoms with Gasteiger partial charge in [0.25, 0.3) is 0 Å². The van der Waals surface area contributed by atoms with Gasteiger partial charge in [0, 0.05) is 13.6 Å². The molecule has 0 saturated carbocycles. The molecule has 1 heterocycles. The van der Waals surface area contributed by atoms with Gasteiger partial charge in [-0.05, 0) is 12.8 Å². The summed E-state index contributed by atoms with van der Waals surface area (Å²) in [5, 5.41) is 1.89. The predicted molar refractivity (Wildman–Crippen MR) is 39.2 cm³/mol. The van der Waals surface area contributed by atoms with Gasteiger partial charge in [0.15, 0.2) is 0 Å². The summed E-state index contributed by atoms with van der Waals surface area (Å²) >= 11 is 0. The minimum Gasteiger partial charge on any atom is -0.299 e. The lowest BCUT2D eigenvalue weighted by molar-refractivity contribution is -0.161. The molecule has 0 aromatic heterocycles. The van der Waals surface area contributed by atoms with E-state index in [-0.39, 0.29) is 0 Å². The van der Waals surface area contributed by atoms with Crippen LogP contribution in [0.25, 0.3) is 0 Å². The molecule has 2 heteroatoms. The van der Waals surface area contributed by atoms with Crippen LogP contribution in [-0.4, -0.2) is 25.3 Å². The van der Waals surface area contributed by atoms with Gasteiger partial charge in [0.2, 0.25) is 0 Å². The highest BCUT2D eigenvalue weighted by Gasteiger charge is 2.02. The second-order valence-corrected chi connectivity index (χ2v) is 1.89. The van der Waals surface area contributed by atoms with E-state index >= 15 is 0 Å². The van der Waals surface area contributed by atoms with E-state index in [1.165, 1.54) is 12.8 Å². The van der Waals surface area contributed by atoms with Crippen molar-refractivity contribution >= 4 is 0 Å². The zero-order chi connectivity index (χ0) is 7.11. The van der Waals surface area contributed by atoms with Crippen LogP contribution in [-0.2, 0) is 4.84 Å². The van der Waals surface area contributed by atoms with E-state index in [0.29, 0.717) is 0 Å². The molecule has 0 aromatic rings. The van der Waals surface area contributed by atoms with Gasteiger partial charge in [-0.3, -0.25) is 4.84 Å². The summed E-state index contributed by atoms with van der Waals surface area (Å²) in [6.07, 6.45) is 2.51. The summed E-state index contributed by atoms with van der Waals surface area (Å²) in [5.41, 5.74) is 0. The number of hydrogen-bond donors (Lipinski definition) is 0. The molecule has 0 radical (unpaired) electrons. The molecule has 0 aliphatic carbocycles. The molecule has 0 amide bonds. The van der Waals surface area contributed by atoms with Crippen LogP contribution in [0.5, 0.6) is 0 Å². The quantitative estimate of drug-likeness (QED) is 0.496. The van der Waals surface area contributed by atoms with Crippen molar-refractivity contribution < 1.29 is 4.84 Å². The standard InChI is InChI=1S/C5H11NO.C2H6/c1-6-4-2-3-5-7-6;1-2/h2-5H2,1H3;1-2H3. The van der Waals surface area contributed by atoms with Gasteiger partial charge in [-0.15, -0.1) is 0 Å². The summed E-state index contributed by atoms with van der Waals surface area (Å²) < 4.78 is 0. The van der Waals surface area contributed by atoms with Crippen molar-refractivity contribution in [2.75, 3.05) is 20.2 Å². The van der Waals surface area contributed by atoms with Gasteiger partial charge >= 0.3 is 0 Å². The fourth-order valence-corrected chi connectivity index (χ4v) is 0.721. The molecular formula is C7H17NO. The Labute approximate surface area is 57.8 Å². The maximum Gasteiger partial charge on any atom is 0.0685 e. The number of nitrogens with zero attached hydrogens (tertiary/aromatic N) is 1. The van der Waals surface area contributed by atoms with Gasteiger partial charge in [-0.2, -0.15) is 5.06 Å². The first-order chi connectivity index (χ1) is 4.39. The van der Waals surface area contributed by atoms with Crippen molar-refractivity contribution in [2.24, 2.45) is 0 Å². The van der Waals surface area contributed by atoms with Crippen molar-refractivity contribution in [3.8, 4) is 0 Å². The van der Waals surface area contributed by atoms with Gasteiger partial charge in [0.05, 0.1) is 6.61 Å². The van der Waals surface area contributed by atoms with Crippen LogP contribution < -0.4 is 0 Å². The Balaban J connectivity index is 0.000000291. The lowest BCUT2D eigenvalue weighted by Gasteiger charge is -2.20. The molecular weight excluding hydrogens is 114 g/mol. The predicted octanol–water partition coefficient (Wildman–Crippen LogP) is 1.67. The fraction of sp³-hybridized carbons (Fsp3) is 1.00. The number of hydrogen-bond acceptors (Lipinski definition) is 2. The highest BCUT2D eigenvalue weighted by atomic mass is 16.7. The van der Waals surface area contributed by atoms with Crippen LogP contribution in [0.3, 0.4) is 0 Å². The van der Waals surface area contributed by atoms with Crippen LogP contribution in [0.2, 0.25) is 0 Å². The minimum atomic E-state index is 0.913.